The minimum Gasteiger partial charge on any atom is -0.459 e. The second-order valence-electron chi connectivity index (χ2n) is 7.43. The molecule has 0 aromatic heterocycles. The summed E-state index contributed by atoms with van der Waals surface area (Å²) in [4.78, 5) is 18.6. The molecule has 2 N–H and O–H groups in total. The van der Waals surface area contributed by atoms with Crippen molar-refractivity contribution >= 4 is 35.9 Å². The Labute approximate surface area is 169 Å². The Kier molecular flexibility index (Phi) is 11.3. The number of nitrogens with zero attached hydrogens (tertiary/aromatic N) is 2. The number of carbonyl (C=O) groups excluding carboxylic acids is 1. The van der Waals surface area contributed by atoms with Gasteiger partial charge >= 0.3 is 5.97 Å². The number of aliphatic imine (C=N–C) groups is 1. The Morgan fingerprint density at radius 3 is 2.40 bits per heavy atom. The molecule has 1 rings (SSSR count). The van der Waals surface area contributed by atoms with E-state index in [0.29, 0.717) is 12.0 Å². The molecule has 1 saturated heterocycles. The average molecular weight is 466 g/mol. The van der Waals surface area contributed by atoms with Gasteiger partial charge in [-0.3, -0.25) is 9.69 Å². The lowest BCUT2D eigenvalue weighted by molar-refractivity contribution is -0.152. The van der Waals surface area contributed by atoms with Gasteiger partial charge in [-0.25, -0.2) is 4.99 Å². The van der Waals surface area contributed by atoms with E-state index in [1.54, 1.807) is 0 Å². The zero-order chi connectivity index (χ0) is 18.2. The molecular weight excluding hydrogens is 431 g/mol. The van der Waals surface area contributed by atoms with Crippen molar-refractivity contribution in [2.45, 2.75) is 59.1 Å². The molecule has 0 atom stereocenters. The van der Waals surface area contributed by atoms with Crippen molar-refractivity contribution in [2.24, 2.45) is 4.99 Å². The van der Waals surface area contributed by atoms with E-state index in [0.717, 1.165) is 39.0 Å². The predicted octanol–water partition coefficient (Wildman–Crippen LogP) is 2.54. The maximum Gasteiger partial charge on any atom is 0.328 e. The molecule has 0 saturated carbocycles. The molecule has 7 heteroatoms. The van der Waals surface area contributed by atoms with Gasteiger partial charge in [-0.15, -0.1) is 24.0 Å². The quantitative estimate of drug-likeness (QED) is 0.207. The highest BCUT2D eigenvalue weighted by Gasteiger charge is 2.20. The molecule has 0 amide bonds. The lowest BCUT2D eigenvalue weighted by atomic mass is 10.0. The molecule has 6 nitrogen and oxygen atoms in total. The van der Waals surface area contributed by atoms with Crippen LogP contribution in [0.2, 0.25) is 0 Å². The highest BCUT2D eigenvalue weighted by molar-refractivity contribution is 14.0. The highest BCUT2D eigenvalue weighted by atomic mass is 127. The van der Waals surface area contributed by atoms with E-state index in [4.69, 9.17) is 4.74 Å². The highest BCUT2D eigenvalue weighted by Crippen LogP contribution is 2.11. The molecule has 1 aliphatic heterocycles. The number of nitrogens with one attached hydrogen (secondary N) is 2. The van der Waals surface area contributed by atoms with E-state index in [2.05, 4.69) is 34.0 Å². The van der Waals surface area contributed by atoms with Gasteiger partial charge in [0.1, 0.15) is 12.1 Å². The first kappa shape index (κ1) is 24.2. The third kappa shape index (κ3) is 11.4. The van der Waals surface area contributed by atoms with Gasteiger partial charge in [-0.2, -0.15) is 0 Å². The normalized spacial score (nSPS) is 16.8. The first-order valence-electron chi connectivity index (χ1n) is 8.83. The van der Waals surface area contributed by atoms with Gasteiger partial charge in [0.05, 0.1) is 0 Å². The standard InChI is InChI=1S/C18H34N4O2.HI/c1-7-19-17(20-12-16(23)24-18(4,5)6)21-15-8-10-22(11-9-15)13-14(2)3;/h15H,2,7-13H2,1,3-6H3,(H2,19,20,21);1H. The Bertz CT molecular complexity index is 452. The van der Waals surface area contributed by atoms with E-state index in [1.807, 2.05) is 27.7 Å². The molecular formula is C18H35IN4O2. The number of halogens is 1. The summed E-state index contributed by atoms with van der Waals surface area (Å²) in [5, 5.41) is 6.63. The molecule has 0 bridgehead atoms. The van der Waals surface area contributed by atoms with Crippen molar-refractivity contribution in [1.82, 2.24) is 15.5 Å². The summed E-state index contributed by atoms with van der Waals surface area (Å²) in [5.74, 6) is 0.373. The maximum absolute atomic E-state index is 11.8. The van der Waals surface area contributed by atoms with Crippen LogP contribution in [0.25, 0.3) is 0 Å². The summed E-state index contributed by atoms with van der Waals surface area (Å²) in [6.07, 6.45) is 2.12. The number of ether oxygens (including phenoxy) is 1. The smallest absolute Gasteiger partial charge is 0.328 e. The lowest BCUT2D eigenvalue weighted by Gasteiger charge is -2.33. The first-order chi connectivity index (χ1) is 11.2. The van der Waals surface area contributed by atoms with Gasteiger partial charge in [-0.05, 0) is 47.5 Å². The second kappa shape index (κ2) is 11.7. The van der Waals surface area contributed by atoms with Gasteiger partial charge in [0.25, 0.3) is 0 Å². The SMILES string of the molecule is C=C(C)CN1CCC(NC(=NCC(=O)OC(C)(C)C)NCC)CC1.I. The topological polar surface area (TPSA) is 66.0 Å². The Morgan fingerprint density at radius 2 is 1.92 bits per heavy atom. The van der Waals surface area contributed by atoms with Crippen LogP contribution >= 0.6 is 24.0 Å². The number of guanidine groups is 1. The number of likely N-dealkylation sites (tertiary alicyclic amines) is 1. The molecule has 0 unspecified atom stereocenters. The number of piperidine rings is 1. The average Bonchev–Trinajstić information content (AvgIpc) is 2.44. The van der Waals surface area contributed by atoms with Crippen molar-refractivity contribution < 1.29 is 9.53 Å². The summed E-state index contributed by atoms with van der Waals surface area (Å²) in [7, 11) is 0. The number of rotatable bonds is 6. The number of esters is 1. The number of hydrogen-bond donors (Lipinski definition) is 2. The van der Waals surface area contributed by atoms with Crippen LogP contribution in [-0.4, -0.2) is 61.2 Å². The van der Waals surface area contributed by atoms with Crippen molar-refractivity contribution in [3.05, 3.63) is 12.2 Å². The fourth-order valence-electron chi connectivity index (χ4n) is 2.65. The van der Waals surface area contributed by atoms with Crippen molar-refractivity contribution in [2.75, 3.05) is 32.7 Å². The monoisotopic (exact) mass is 466 g/mol. The fourth-order valence-corrected chi connectivity index (χ4v) is 2.65. The Balaban J connectivity index is 0.00000576. The van der Waals surface area contributed by atoms with Gasteiger partial charge in [0.15, 0.2) is 5.96 Å². The van der Waals surface area contributed by atoms with Crippen LogP contribution in [-0.2, 0) is 9.53 Å². The molecule has 1 aliphatic rings. The van der Waals surface area contributed by atoms with Crippen LogP contribution in [0, 0.1) is 0 Å². The van der Waals surface area contributed by atoms with Crippen LogP contribution in [0.3, 0.4) is 0 Å². The van der Waals surface area contributed by atoms with Crippen LogP contribution in [0.15, 0.2) is 17.1 Å². The molecule has 1 fully saturated rings. The summed E-state index contributed by atoms with van der Waals surface area (Å²) in [6.45, 7) is 17.5. The van der Waals surface area contributed by atoms with Crippen LogP contribution in [0.5, 0.6) is 0 Å². The van der Waals surface area contributed by atoms with Crippen LogP contribution < -0.4 is 10.6 Å². The van der Waals surface area contributed by atoms with E-state index in [-0.39, 0.29) is 36.5 Å². The molecule has 0 aromatic rings. The zero-order valence-corrected chi connectivity index (χ0v) is 18.7. The van der Waals surface area contributed by atoms with E-state index in [1.165, 1.54) is 5.57 Å². The third-order valence-corrected chi connectivity index (χ3v) is 3.55. The van der Waals surface area contributed by atoms with Gasteiger partial charge in [-0.1, -0.05) is 12.2 Å². The van der Waals surface area contributed by atoms with Crippen LogP contribution in [0.4, 0.5) is 0 Å². The number of hydrogen-bond acceptors (Lipinski definition) is 4. The lowest BCUT2D eigenvalue weighted by Crippen LogP contribution is -2.49. The summed E-state index contributed by atoms with van der Waals surface area (Å²) in [5.41, 5.74) is 0.725. The molecule has 1 heterocycles. The summed E-state index contributed by atoms with van der Waals surface area (Å²) >= 11 is 0. The van der Waals surface area contributed by atoms with Crippen molar-refractivity contribution in [3.63, 3.8) is 0 Å². The van der Waals surface area contributed by atoms with Crippen molar-refractivity contribution in [1.29, 1.82) is 0 Å². The van der Waals surface area contributed by atoms with Gasteiger partial charge in [0.2, 0.25) is 0 Å². The minimum absolute atomic E-state index is 0. The maximum atomic E-state index is 11.8. The zero-order valence-electron chi connectivity index (χ0n) is 16.4. The minimum atomic E-state index is -0.478. The molecule has 0 radical (unpaired) electrons. The fraction of sp³-hybridized carbons (Fsp3) is 0.778. The molecule has 0 spiro atoms. The summed E-state index contributed by atoms with van der Waals surface area (Å²) < 4.78 is 5.29. The molecule has 146 valence electrons. The van der Waals surface area contributed by atoms with E-state index in [9.17, 15) is 4.79 Å². The predicted molar refractivity (Wildman–Crippen MR) is 115 cm³/mol. The molecule has 0 aromatic carbocycles. The number of carbonyl (C=O) groups is 1. The Hall–Kier alpha value is -0.830. The van der Waals surface area contributed by atoms with E-state index < -0.39 is 5.60 Å². The molecule has 0 aliphatic carbocycles. The van der Waals surface area contributed by atoms with E-state index >= 15 is 0 Å². The molecule has 25 heavy (non-hydrogen) atoms. The summed E-state index contributed by atoms with van der Waals surface area (Å²) in [6, 6.07) is 0.378. The second-order valence-corrected chi connectivity index (χ2v) is 7.43. The third-order valence-electron chi connectivity index (χ3n) is 3.55. The van der Waals surface area contributed by atoms with Gasteiger partial charge in [0, 0.05) is 32.2 Å². The first-order valence-corrected chi connectivity index (χ1v) is 8.83. The van der Waals surface area contributed by atoms with Gasteiger partial charge < -0.3 is 15.4 Å². The largest absolute Gasteiger partial charge is 0.459 e. The van der Waals surface area contributed by atoms with Crippen molar-refractivity contribution in [3.8, 4) is 0 Å². The Morgan fingerprint density at radius 1 is 1.32 bits per heavy atom. The van der Waals surface area contributed by atoms with Crippen LogP contribution in [0.1, 0.15) is 47.5 Å².